The smallest absolute Gasteiger partial charge is 0.119 e. The highest BCUT2D eigenvalue weighted by molar-refractivity contribution is 5.27. The van der Waals surface area contributed by atoms with Crippen LogP contribution in [0.25, 0.3) is 0 Å². The third-order valence-corrected chi connectivity index (χ3v) is 5.24. The monoisotopic (exact) mass is 349 g/mol. The van der Waals surface area contributed by atoms with E-state index >= 15 is 0 Å². The zero-order valence-corrected chi connectivity index (χ0v) is 15.2. The maximum absolute atomic E-state index is 10.5. The molecule has 2 heterocycles. The summed E-state index contributed by atoms with van der Waals surface area (Å²) in [6.07, 6.45) is 0.394. The predicted molar refractivity (Wildman–Crippen MR) is 97.8 cm³/mol. The van der Waals surface area contributed by atoms with Crippen LogP contribution in [0.5, 0.6) is 5.75 Å². The average molecular weight is 349 g/mol. The summed E-state index contributed by atoms with van der Waals surface area (Å²) < 4.78 is 5.57. The highest BCUT2D eigenvalue weighted by Gasteiger charge is 2.36. The van der Waals surface area contributed by atoms with Gasteiger partial charge in [0.1, 0.15) is 5.75 Å². The van der Waals surface area contributed by atoms with Crippen LogP contribution in [0.15, 0.2) is 24.3 Å². The SMILES string of the molecule is CN1CCN(C2CN(Cc3ccc(OCCCO)cc3)C[C@@H]2O)CC1. The van der Waals surface area contributed by atoms with Gasteiger partial charge in [0.15, 0.2) is 0 Å². The lowest BCUT2D eigenvalue weighted by molar-refractivity contribution is 0.0512. The molecule has 2 saturated heterocycles. The molecule has 1 aromatic carbocycles. The number of ether oxygens (including phenoxy) is 1. The molecule has 2 atom stereocenters. The van der Waals surface area contributed by atoms with Crippen LogP contribution in [-0.4, -0.2) is 96.6 Å². The second kappa shape index (κ2) is 8.96. The minimum absolute atomic E-state index is 0.157. The molecule has 0 radical (unpaired) electrons. The molecule has 3 rings (SSSR count). The van der Waals surface area contributed by atoms with Gasteiger partial charge in [-0.1, -0.05) is 12.1 Å². The summed E-state index contributed by atoms with van der Waals surface area (Å²) in [5.41, 5.74) is 1.24. The quantitative estimate of drug-likeness (QED) is 0.688. The number of hydrogen-bond acceptors (Lipinski definition) is 6. The van der Waals surface area contributed by atoms with Gasteiger partial charge in [-0.2, -0.15) is 0 Å². The van der Waals surface area contributed by atoms with Gasteiger partial charge < -0.3 is 19.8 Å². The molecule has 0 aliphatic carbocycles. The standard InChI is InChI=1S/C19H31N3O3/c1-20-7-9-22(10-8-20)18-14-21(15-19(18)24)13-16-3-5-17(6-4-16)25-12-2-11-23/h3-6,18-19,23-24H,2,7-15H2,1H3/t18?,19-/m0/s1. The summed E-state index contributed by atoms with van der Waals surface area (Å²) in [5, 5.41) is 19.3. The van der Waals surface area contributed by atoms with Crippen molar-refractivity contribution < 1.29 is 14.9 Å². The molecule has 6 heteroatoms. The van der Waals surface area contributed by atoms with Crippen molar-refractivity contribution in [2.24, 2.45) is 0 Å². The van der Waals surface area contributed by atoms with Crippen LogP contribution < -0.4 is 4.74 Å². The molecule has 1 unspecified atom stereocenters. The summed E-state index contributed by atoms with van der Waals surface area (Å²) in [4.78, 5) is 7.14. The Hall–Kier alpha value is -1.18. The summed E-state index contributed by atoms with van der Waals surface area (Å²) in [5.74, 6) is 0.842. The molecule has 25 heavy (non-hydrogen) atoms. The van der Waals surface area contributed by atoms with Gasteiger partial charge in [-0.3, -0.25) is 9.80 Å². The van der Waals surface area contributed by atoms with Crippen molar-refractivity contribution in [2.75, 3.05) is 59.5 Å². The van der Waals surface area contributed by atoms with Gasteiger partial charge >= 0.3 is 0 Å². The van der Waals surface area contributed by atoms with Crippen molar-refractivity contribution in [1.82, 2.24) is 14.7 Å². The van der Waals surface area contributed by atoms with Crippen LogP contribution in [0.4, 0.5) is 0 Å². The number of β-amino-alcohol motifs (C(OH)–C–C–N with tert-alkyl or cyclic N) is 1. The van der Waals surface area contributed by atoms with Crippen molar-refractivity contribution in [3.8, 4) is 5.75 Å². The van der Waals surface area contributed by atoms with Crippen LogP contribution in [-0.2, 0) is 6.54 Å². The Bertz CT molecular complexity index is 517. The van der Waals surface area contributed by atoms with Gasteiger partial charge in [0.25, 0.3) is 0 Å². The number of likely N-dealkylation sites (tertiary alicyclic amines) is 1. The van der Waals surface area contributed by atoms with E-state index in [9.17, 15) is 5.11 Å². The Morgan fingerprint density at radius 3 is 2.48 bits per heavy atom. The lowest BCUT2D eigenvalue weighted by Crippen LogP contribution is -2.52. The maximum Gasteiger partial charge on any atom is 0.119 e. The molecular formula is C19H31N3O3. The average Bonchev–Trinajstić information content (AvgIpc) is 2.98. The van der Waals surface area contributed by atoms with E-state index in [4.69, 9.17) is 9.84 Å². The Labute approximate surface area is 150 Å². The third kappa shape index (κ3) is 5.15. The summed E-state index contributed by atoms with van der Waals surface area (Å²) in [6.45, 7) is 7.49. The number of likely N-dealkylation sites (N-methyl/N-ethyl adjacent to an activating group) is 1. The second-order valence-electron chi connectivity index (χ2n) is 7.24. The minimum Gasteiger partial charge on any atom is -0.494 e. The fourth-order valence-corrected chi connectivity index (χ4v) is 3.69. The first-order chi connectivity index (χ1) is 12.2. The van der Waals surface area contributed by atoms with E-state index in [1.165, 1.54) is 5.56 Å². The Morgan fingerprint density at radius 1 is 1.08 bits per heavy atom. The molecule has 2 fully saturated rings. The fourth-order valence-electron chi connectivity index (χ4n) is 3.69. The third-order valence-electron chi connectivity index (χ3n) is 5.24. The number of aliphatic hydroxyl groups is 2. The Kier molecular flexibility index (Phi) is 6.67. The van der Waals surface area contributed by atoms with E-state index in [0.29, 0.717) is 13.0 Å². The van der Waals surface area contributed by atoms with E-state index in [1.807, 2.05) is 12.1 Å². The first-order valence-corrected chi connectivity index (χ1v) is 9.31. The first-order valence-electron chi connectivity index (χ1n) is 9.31. The fraction of sp³-hybridized carbons (Fsp3) is 0.684. The topological polar surface area (TPSA) is 59.4 Å². The van der Waals surface area contributed by atoms with E-state index in [-0.39, 0.29) is 18.8 Å². The van der Waals surface area contributed by atoms with Gasteiger partial charge in [-0.25, -0.2) is 0 Å². The molecule has 2 aliphatic heterocycles. The van der Waals surface area contributed by atoms with E-state index in [0.717, 1.165) is 51.6 Å². The van der Waals surface area contributed by atoms with Gasteiger partial charge in [-0.15, -0.1) is 0 Å². The number of nitrogens with zero attached hydrogens (tertiary/aromatic N) is 3. The molecule has 0 saturated carbocycles. The highest BCUT2D eigenvalue weighted by atomic mass is 16.5. The Balaban J connectivity index is 1.48. The largest absolute Gasteiger partial charge is 0.494 e. The molecule has 140 valence electrons. The van der Waals surface area contributed by atoms with Crippen LogP contribution in [0.1, 0.15) is 12.0 Å². The van der Waals surface area contributed by atoms with Crippen LogP contribution in [0.3, 0.4) is 0 Å². The van der Waals surface area contributed by atoms with Crippen molar-refractivity contribution in [2.45, 2.75) is 25.1 Å². The van der Waals surface area contributed by atoms with Crippen LogP contribution in [0, 0.1) is 0 Å². The van der Waals surface area contributed by atoms with E-state index < -0.39 is 0 Å². The lowest BCUT2D eigenvalue weighted by atomic mass is 10.1. The normalized spacial score (nSPS) is 26.2. The van der Waals surface area contributed by atoms with Gasteiger partial charge in [-0.05, 0) is 24.7 Å². The molecule has 0 aromatic heterocycles. The van der Waals surface area contributed by atoms with Gasteiger partial charge in [0.2, 0.25) is 0 Å². The number of piperazine rings is 1. The highest BCUT2D eigenvalue weighted by Crippen LogP contribution is 2.21. The molecule has 0 spiro atoms. The Morgan fingerprint density at radius 2 is 1.80 bits per heavy atom. The van der Waals surface area contributed by atoms with Crippen molar-refractivity contribution in [1.29, 1.82) is 0 Å². The molecule has 2 aliphatic rings. The van der Waals surface area contributed by atoms with Crippen molar-refractivity contribution in [3.05, 3.63) is 29.8 Å². The number of aliphatic hydroxyl groups excluding tert-OH is 2. The maximum atomic E-state index is 10.5. The van der Waals surface area contributed by atoms with Crippen molar-refractivity contribution >= 4 is 0 Å². The van der Waals surface area contributed by atoms with Gasteiger partial charge in [0.05, 0.1) is 12.7 Å². The molecule has 1 aromatic rings. The van der Waals surface area contributed by atoms with E-state index in [2.05, 4.69) is 33.9 Å². The number of benzene rings is 1. The molecular weight excluding hydrogens is 318 g/mol. The van der Waals surface area contributed by atoms with Gasteiger partial charge in [0, 0.05) is 64.9 Å². The van der Waals surface area contributed by atoms with Crippen LogP contribution >= 0.6 is 0 Å². The summed E-state index contributed by atoms with van der Waals surface area (Å²) in [6, 6.07) is 8.40. The van der Waals surface area contributed by atoms with E-state index in [1.54, 1.807) is 0 Å². The second-order valence-corrected chi connectivity index (χ2v) is 7.24. The molecule has 0 bridgehead atoms. The number of hydrogen-bond donors (Lipinski definition) is 2. The predicted octanol–water partition coefficient (Wildman–Crippen LogP) is 0.240. The summed E-state index contributed by atoms with van der Waals surface area (Å²) >= 11 is 0. The minimum atomic E-state index is -0.260. The molecule has 2 N–H and O–H groups in total. The lowest BCUT2D eigenvalue weighted by Gasteiger charge is -2.37. The first kappa shape index (κ1) is 18.6. The zero-order valence-electron chi connectivity index (χ0n) is 15.2. The van der Waals surface area contributed by atoms with Crippen LogP contribution in [0.2, 0.25) is 0 Å². The molecule has 6 nitrogen and oxygen atoms in total. The zero-order chi connectivity index (χ0) is 17.6. The number of rotatable bonds is 7. The molecule has 0 amide bonds. The summed E-state index contributed by atoms with van der Waals surface area (Å²) in [7, 11) is 2.16. The van der Waals surface area contributed by atoms with Crippen molar-refractivity contribution in [3.63, 3.8) is 0 Å².